The van der Waals surface area contributed by atoms with Crippen LogP contribution in [0.1, 0.15) is 0 Å². The number of hydrogen-bond acceptors (Lipinski definition) is 4. The first-order valence-electron chi connectivity index (χ1n) is 3.54. The molecule has 0 aliphatic carbocycles. The second-order valence-electron chi connectivity index (χ2n) is 2.37. The Morgan fingerprint density at radius 1 is 1.46 bits per heavy atom. The van der Waals surface area contributed by atoms with Gasteiger partial charge in [0.2, 0.25) is 0 Å². The summed E-state index contributed by atoms with van der Waals surface area (Å²) in [7, 11) is 0. The summed E-state index contributed by atoms with van der Waals surface area (Å²) in [6.07, 6.45) is -0.865. The van der Waals surface area contributed by atoms with Crippen LogP contribution in [0.2, 0.25) is 0 Å². The number of nitrogens with two attached hydrogens (primary N) is 1. The molecular weight excluding hydrogens is 172 g/mol. The van der Waals surface area contributed by atoms with Crippen molar-refractivity contribution < 1.29 is 9.53 Å². The van der Waals surface area contributed by atoms with E-state index in [2.05, 4.69) is 15.4 Å². The molecule has 1 aromatic carbocycles. The summed E-state index contributed by atoms with van der Waals surface area (Å²) in [6.45, 7) is 0. The lowest BCUT2D eigenvalue weighted by Crippen LogP contribution is -2.16. The molecule has 0 radical (unpaired) electrons. The minimum atomic E-state index is -0.865. The topological polar surface area (TPSA) is 93.9 Å². The summed E-state index contributed by atoms with van der Waals surface area (Å²) in [5, 5.41) is 10.0. The minimum Gasteiger partial charge on any atom is -0.408 e. The zero-order chi connectivity index (χ0) is 9.26. The Labute approximate surface area is 72.7 Å². The van der Waals surface area contributed by atoms with Crippen LogP contribution in [0.4, 0.5) is 4.79 Å². The highest BCUT2D eigenvalue weighted by Gasteiger charge is 2.07. The molecule has 0 aliphatic rings. The first-order chi connectivity index (χ1) is 6.27. The summed E-state index contributed by atoms with van der Waals surface area (Å²) in [5.74, 6) is 0.304. The van der Waals surface area contributed by atoms with Gasteiger partial charge in [-0.2, -0.15) is 15.4 Å². The van der Waals surface area contributed by atoms with Gasteiger partial charge in [-0.3, -0.25) is 0 Å². The van der Waals surface area contributed by atoms with E-state index < -0.39 is 6.09 Å². The number of aromatic nitrogens is 3. The number of aromatic amines is 1. The fourth-order valence-electron chi connectivity index (χ4n) is 1.03. The third kappa shape index (κ3) is 1.28. The molecule has 2 rings (SSSR count). The largest absolute Gasteiger partial charge is 0.410 e. The van der Waals surface area contributed by atoms with Crippen molar-refractivity contribution in [3.63, 3.8) is 0 Å². The van der Waals surface area contributed by atoms with Crippen LogP contribution < -0.4 is 10.5 Å². The summed E-state index contributed by atoms with van der Waals surface area (Å²) >= 11 is 0. The van der Waals surface area contributed by atoms with Crippen molar-refractivity contribution in [3.05, 3.63) is 18.2 Å². The number of hydrogen-bond donors (Lipinski definition) is 2. The smallest absolute Gasteiger partial charge is 0.408 e. The van der Waals surface area contributed by atoms with Crippen LogP contribution in [0.3, 0.4) is 0 Å². The number of nitrogens with one attached hydrogen (secondary N) is 1. The molecule has 13 heavy (non-hydrogen) atoms. The van der Waals surface area contributed by atoms with Gasteiger partial charge in [0.1, 0.15) is 5.52 Å². The lowest BCUT2D eigenvalue weighted by molar-refractivity contribution is 0.211. The van der Waals surface area contributed by atoms with Crippen molar-refractivity contribution in [2.45, 2.75) is 0 Å². The SMILES string of the molecule is NC(=O)Oc1cccc2n[nH]nc12. The van der Waals surface area contributed by atoms with Crippen LogP contribution in [-0.2, 0) is 0 Å². The van der Waals surface area contributed by atoms with Crippen molar-refractivity contribution in [2.24, 2.45) is 5.73 Å². The summed E-state index contributed by atoms with van der Waals surface area (Å²) in [6, 6.07) is 5.03. The molecule has 3 N–H and O–H groups in total. The molecule has 0 fully saturated rings. The van der Waals surface area contributed by atoms with Gasteiger partial charge in [-0.1, -0.05) is 6.07 Å². The van der Waals surface area contributed by atoms with Gasteiger partial charge in [0, 0.05) is 0 Å². The van der Waals surface area contributed by atoms with Crippen molar-refractivity contribution in [1.29, 1.82) is 0 Å². The summed E-state index contributed by atoms with van der Waals surface area (Å²) < 4.78 is 4.70. The van der Waals surface area contributed by atoms with E-state index in [1.54, 1.807) is 18.2 Å². The van der Waals surface area contributed by atoms with E-state index in [1.165, 1.54) is 0 Å². The fraction of sp³-hybridized carbons (Fsp3) is 0. The fourth-order valence-corrected chi connectivity index (χ4v) is 1.03. The molecule has 0 atom stereocenters. The van der Waals surface area contributed by atoms with Crippen molar-refractivity contribution >= 4 is 17.1 Å². The van der Waals surface area contributed by atoms with Crippen LogP contribution in [-0.4, -0.2) is 21.5 Å². The number of rotatable bonds is 1. The van der Waals surface area contributed by atoms with Crippen molar-refractivity contribution in [2.75, 3.05) is 0 Å². The molecule has 6 heteroatoms. The summed E-state index contributed by atoms with van der Waals surface area (Å²) in [5.41, 5.74) is 5.98. The number of para-hydroxylation sites is 1. The number of nitrogens with zero attached hydrogens (tertiary/aromatic N) is 2. The average molecular weight is 178 g/mol. The molecule has 0 spiro atoms. The van der Waals surface area contributed by atoms with E-state index in [9.17, 15) is 4.79 Å². The predicted octanol–water partition coefficient (Wildman–Crippen LogP) is 0.415. The number of amides is 1. The second kappa shape index (κ2) is 2.74. The standard InChI is InChI=1S/C7H6N4O2/c8-7(12)13-5-3-1-2-4-6(5)10-11-9-4/h1-3H,(H2,8,12)(H,9,10,11). The number of fused-ring (bicyclic) bond motifs is 1. The highest BCUT2D eigenvalue weighted by molar-refractivity contribution is 5.83. The van der Waals surface area contributed by atoms with Gasteiger partial charge in [-0.05, 0) is 12.1 Å². The van der Waals surface area contributed by atoms with E-state index in [0.717, 1.165) is 0 Å². The van der Waals surface area contributed by atoms with E-state index >= 15 is 0 Å². The normalized spacial score (nSPS) is 10.2. The number of carbonyl (C=O) groups is 1. The van der Waals surface area contributed by atoms with E-state index in [1.807, 2.05) is 0 Å². The zero-order valence-electron chi connectivity index (χ0n) is 6.52. The maximum absolute atomic E-state index is 10.5. The molecule has 1 amide bonds. The summed E-state index contributed by atoms with van der Waals surface area (Å²) in [4.78, 5) is 10.5. The Morgan fingerprint density at radius 2 is 2.31 bits per heavy atom. The molecule has 0 bridgehead atoms. The number of primary amides is 1. The molecule has 0 unspecified atom stereocenters. The van der Waals surface area contributed by atoms with Crippen molar-refractivity contribution in [3.8, 4) is 5.75 Å². The number of benzene rings is 1. The number of carbonyl (C=O) groups excluding carboxylic acids is 1. The van der Waals surface area contributed by atoms with Gasteiger partial charge in [0.25, 0.3) is 0 Å². The number of ether oxygens (including phenoxy) is 1. The molecule has 0 saturated heterocycles. The highest BCUT2D eigenvalue weighted by Crippen LogP contribution is 2.20. The molecule has 6 nitrogen and oxygen atoms in total. The minimum absolute atomic E-state index is 0.304. The van der Waals surface area contributed by atoms with Gasteiger partial charge >= 0.3 is 6.09 Å². The van der Waals surface area contributed by atoms with Gasteiger partial charge in [-0.15, -0.1) is 0 Å². The maximum atomic E-state index is 10.5. The third-order valence-corrected chi connectivity index (χ3v) is 1.52. The van der Waals surface area contributed by atoms with E-state index in [0.29, 0.717) is 16.8 Å². The van der Waals surface area contributed by atoms with Crippen LogP contribution in [0.5, 0.6) is 5.75 Å². The Morgan fingerprint density at radius 3 is 3.08 bits per heavy atom. The third-order valence-electron chi connectivity index (χ3n) is 1.52. The molecule has 1 heterocycles. The molecule has 1 aromatic heterocycles. The van der Waals surface area contributed by atoms with Crippen LogP contribution in [0, 0.1) is 0 Å². The lowest BCUT2D eigenvalue weighted by atomic mass is 10.3. The Balaban J connectivity index is 2.54. The van der Waals surface area contributed by atoms with Crippen LogP contribution in [0.15, 0.2) is 18.2 Å². The Hall–Kier alpha value is -2.11. The van der Waals surface area contributed by atoms with Crippen molar-refractivity contribution in [1.82, 2.24) is 15.4 Å². The van der Waals surface area contributed by atoms with Gasteiger partial charge in [0.05, 0.1) is 0 Å². The van der Waals surface area contributed by atoms with Gasteiger partial charge in [0.15, 0.2) is 11.3 Å². The maximum Gasteiger partial charge on any atom is 0.410 e. The quantitative estimate of drug-likeness (QED) is 0.661. The monoisotopic (exact) mass is 178 g/mol. The lowest BCUT2D eigenvalue weighted by Gasteiger charge is -1.98. The predicted molar refractivity (Wildman–Crippen MR) is 44.1 cm³/mol. The molecule has 0 saturated carbocycles. The van der Waals surface area contributed by atoms with Gasteiger partial charge in [-0.25, -0.2) is 4.79 Å². The zero-order valence-corrected chi connectivity index (χ0v) is 6.52. The number of H-pyrrole nitrogens is 1. The van der Waals surface area contributed by atoms with Crippen LogP contribution in [0.25, 0.3) is 11.0 Å². The van der Waals surface area contributed by atoms with Crippen LogP contribution >= 0.6 is 0 Å². The highest BCUT2D eigenvalue weighted by atomic mass is 16.5. The van der Waals surface area contributed by atoms with E-state index in [-0.39, 0.29) is 0 Å². The average Bonchev–Trinajstić information content (AvgIpc) is 2.51. The molecule has 0 aliphatic heterocycles. The Bertz CT molecular complexity index is 450. The first-order valence-corrected chi connectivity index (χ1v) is 3.54. The first kappa shape index (κ1) is 7.53. The molecule has 2 aromatic rings. The Kier molecular flexibility index (Phi) is 1.59. The van der Waals surface area contributed by atoms with Gasteiger partial charge < -0.3 is 10.5 Å². The molecule has 66 valence electrons. The second-order valence-corrected chi connectivity index (χ2v) is 2.37. The molecular formula is C7H6N4O2. The van der Waals surface area contributed by atoms with E-state index in [4.69, 9.17) is 10.5 Å².